The molecule has 1 saturated carbocycles. The van der Waals surface area contributed by atoms with E-state index >= 15 is 0 Å². The zero-order chi connectivity index (χ0) is 26.8. The first-order chi connectivity index (χ1) is 18.3. The predicted octanol–water partition coefficient (Wildman–Crippen LogP) is 3.99. The molecule has 2 aromatic rings. The van der Waals surface area contributed by atoms with Gasteiger partial charge < -0.3 is 20.2 Å². The van der Waals surface area contributed by atoms with E-state index in [9.17, 15) is 19.5 Å². The Hall–Kier alpha value is -3.19. The summed E-state index contributed by atoms with van der Waals surface area (Å²) in [5, 5.41) is 13.4. The molecule has 1 aliphatic carbocycles. The van der Waals surface area contributed by atoms with E-state index in [1.54, 1.807) is 11.0 Å². The average molecular weight is 518 g/mol. The fraction of sp³-hybridized carbons (Fsp3) is 0.516. The molecule has 7 heteroatoms. The van der Waals surface area contributed by atoms with Gasteiger partial charge in [-0.15, -0.1) is 0 Å². The fourth-order valence-corrected chi connectivity index (χ4v) is 6.41. The summed E-state index contributed by atoms with van der Waals surface area (Å²) in [6.45, 7) is 4.65. The third kappa shape index (κ3) is 5.35. The number of hydrogen-bond donors (Lipinski definition) is 2. The summed E-state index contributed by atoms with van der Waals surface area (Å²) in [6.07, 6.45) is 5.83. The Labute approximate surface area is 225 Å². The third-order valence-corrected chi connectivity index (χ3v) is 8.46. The number of fused-ring (bicyclic) bond motifs is 1. The van der Waals surface area contributed by atoms with Crippen molar-refractivity contribution in [2.24, 2.45) is 5.92 Å². The van der Waals surface area contributed by atoms with Gasteiger partial charge in [-0.25, -0.2) is 0 Å². The molecule has 0 radical (unpaired) electrons. The van der Waals surface area contributed by atoms with Crippen molar-refractivity contribution in [3.8, 4) is 0 Å². The van der Waals surface area contributed by atoms with Crippen LogP contribution in [0.25, 0.3) is 0 Å². The van der Waals surface area contributed by atoms with Gasteiger partial charge in [0.05, 0.1) is 6.10 Å². The average Bonchev–Trinajstić information content (AvgIpc) is 3.48. The molecule has 3 aliphatic rings. The Balaban J connectivity index is 1.24. The van der Waals surface area contributed by atoms with Gasteiger partial charge in [0.25, 0.3) is 5.91 Å². The van der Waals surface area contributed by atoms with Gasteiger partial charge in [0, 0.05) is 31.6 Å². The van der Waals surface area contributed by atoms with E-state index < -0.39 is 18.2 Å². The molecule has 0 bridgehead atoms. The summed E-state index contributed by atoms with van der Waals surface area (Å²) < 4.78 is 0. The molecule has 5 rings (SSSR count). The van der Waals surface area contributed by atoms with Crippen molar-refractivity contribution in [3.05, 3.63) is 70.8 Å². The Kier molecular flexibility index (Phi) is 7.84. The van der Waals surface area contributed by atoms with Gasteiger partial charge in [0.1, 0.15) is 12.1 Å². The highest BCUT2D eigenvalue weighted by Crippen LogP contribution is 2.33. The highest BCUT2D eigenvalue weighted by Gasteiger charge is 2.45. The molecule has 1 saturated heterocycles. The van der Waals surface area contributed by atoms with Crippen LogP contribution in [0, 0.1) is 5.92 Å². The Morgan fingerprint density at radius 1 is 1.03 bits per heavy atom. The van der Waals surface area contributed by atoms with E-state index in [1.165, 1.54) is 42.6 Å². The SMILES string of the molecule is CC(C)C(C(=O)N1C[C@H](O)C[C@H]1C(=O)NCc1ccc(C2CCCCC2)cc1)N1Cc2ccccc2C1=O. The lowest BCUT2D eigenvalue weighted by molar-refractivity contribution is -0.143. The molecule has 7 nitrogen and oxygen atoms in total. The van der Waals surface area contributed by atoms with E-state index in [0.29, 0.717) is 24.6 Å². The number of rotatable bonds is 7. The Bertz CT molecular complexity index is 1170. The zero-order valence-electron chi connectivity index (χ0n) is 22.4. The van der Waals surface area contributed by atoms with E-state index in [2.05, 4.69) is 29.6 Å². The molecule has 0 aromatic heterocycles. The summed E-state index contributed by atoms with van der Waals surface area (Å²) in [5.74, 6) is -0.231. The molecule has 3 amide bonds. The van der Waals surface area contributed by atoms with Crippen LogP contribution < -0.4 is 5.32 Å². The van der Waals surface area contributed by atoms with Crippen LogP contribution in [0.2, 0.25) is 0 Å². The fourth-order valence-electron chi connectivity index (χ4n) is 6.41. The van der Waals surface area contributed by atoms with Crippen molar-refractivity contribution in [3.63, 3.8) is 0 Å². The maximum Gasteiger partial charge on any atom is 0.255 e. The molecule has 2 heterocycles. The number of nitrogens with zero attached hydrogens (tertiary/aromatic N) is 2. The van der Waals surface area contributed by atoms with Gasteiger partial charge >= 0.3 is 0 Å². The molecule has 2 fully saturated rings. The van der Waals surface area contributed by atoms with E-state index in [-0.39, 0.29) is 36.6 Å². The Morgan fingerprint density at radius 2 is 1.74 bits per heavy atom. The molecular formula is C31H39N3O4. The largest absolute Gasteiger partial charge is 0.391 e. The second-order valence-electron chi connectivity index (χ2n) is 11.5. The van der Waals surface area contributed by atoms with Crippen LogP contribution in [0.15, 0.2) is 48.5 Å². The predicted molar refractivity (Wildman–Crippen MR) is 145 cm³/mol. The van der Waals surface area contributed by atoms with Crippen molar-refractivity contribution >= 4 is 17.7 Å². The zero-order valence-corrected chi connectivity index (χ0v) is 22.4. The number of carbonyl (C=O) groups excluding carboxylic acids is 3. The third-order valence-electron chi connectivity index (χ3n) is 8.46. The molecular weight excluding hydrogens is 478 g/mol. The van der Waals surface area contributed by atoms with Crippen molar-refractivity contribution in [1.29, 1.82) is 0 Å². The number of likely N-dealkylation sites (tertiary alicyclic amines) is 1. The standard InChI is InChI=1S/C31H39N3O4/c1-20(2)28(34-18-24-10-6-7-11-26(24)30(34)37)31(38)33-19-25(35)16-27(33)29(36)32-17-21-12-14-23(15-13-21)22-8-4-3-5-9-22/h6-7,10-15,20,22,25,27-28,35H,3-5,8-9,16-19H2,1-2H3,(H,32,36)/t25-,27+,28?/m1/s1. The van der Waals surface area contributed by atoms with Crippen molar-refractivity contribution in [1.82, 2.24) is 15.1 Å². The summed E-state index contributed by atoms with van der Waals surface area (Å²) in [5.41, 5.74) is 3.90. The van der Waals surface area contributed by atoms with E-state index in [0.717, 1.165) is 11.1 Å². The van der Waals surface area contributed by atoms with Gasteiger partial charge in [0.15, 0.2) is 0 Å². The van der Waals surface area contributed by atoms with Gasteiger partial charge in [-0.3, -0.25) is 14.4 Å². The van der Waals surface area contributed by atoms with Gasteiger partial charge in [0.2, 0.25) is 11.8 Å². The number of benzene rings is 2. The number of β-amino-alcohol motifs (C(OH)–C–C–N with tert-alkyl or cyclic N) is 1. The smallest absolute Gasteiger partial charge is 0.255 e. The topological polar surface area (TPSA) is 89.9 Å². The first-order valence-electron chi connectivity index (χ1n) is 14.1. The minimum absolute atomic E-state index is 0.0885. The van der Waals surface area contributed by atoms with Gasteiger partial charge in [-0.1, -0.05) is 75.6 Å². The van der Waals surface area contributed by atoms with Crippen LogP contribution in [0.5, 0.6) is 0 Å². The summed E-state index contributed by atoms with van der Waals surface area (Å²) in [6, 6.07) is 14.4. The van der Waals surface area contributed by atoms with E-state index in [4.69, 9.17) is 0 Å². The monoisotopic (exact) mass is 517 g/mol. The molecule has 1 unspecified atom stereocenters. The highest BCUT2D eigenvalue weighted by molar-refractivity contribution is 6.01. The number of carbonyl (C=O) groups is 3. The molecule has 202 valence electrons. The molecule has 2 aromatic carbocycles. The van der Waals surface area contributed by atoms with Crippen molar-refractivity contribution in [2.45, 2.75) is 89.6 Å². The molecule has 38 heavy (non-hydrogen) atoms. The minimum atomic E-state index is -0.774. The molecule has 2 N–H and O–H groups in total. The van der Waals surface area contributed by atoms with E-state index in [1.807, 2.05) is 32.0 Å². The number of nitrogens with one attached hydrogen (secondary N) is 1. The van der Waals surface area contributed by atoms with Crippen LogP contribution in [0.4, 0.5) is 0 Å². The quantitative estimate of drug-likeness (QED) is 0.581. The van der Waals surface area contributed by atoms with Gasteiger partial charge in [-0.05, 0) is 47.4 Å². The maximum atomic E-state index is 13.8. The normalized spacial score (nSPS) is 22.6. The van der Waals surface area contributed by atoms with Crippen LogP contribution in [-0.4, -0.2) is 57.4 Å². The Morgan fingerprint density at radius 3 is 2.42 bits per heavy atom. The summed E-state index contributed by atoms with van der Waals surface area (Å²) in [4.78, 5) is 43.3. The second-order valence-corrected chi connectivity index (χ2v) is 11.5. The summed E-state index contributed by atoms with van der Waals surface area (Å²) >= 11 is 0. The lowest BCUT2D eigenvalue weighted by Gasteiger charge is -2.35. The lowest BCUT2D eigenvalue weighted by Crippen LogP contribution is -2.55. The maximum absolute atomic E-state index is 13.8. The van der Waals surface area contributed by atoms with Gasteiger partial charge in [-0.2, -0.15) is 0 Å². The first kappa shape index (κ1) is 26.4. The second kappa shape index (κ2) is 11.3. The first-order valence-corrected chi connectivity index (χ1v) is 14.1. The van der Waals surface area contributed by atoms with Crippen LogP contribution >= 0.6 is 0 Å². The number of amides is 3. The molecule has 3 atom stereocenters. The highest BCUT2D eigenvalue weighted by atomic mass is 16.3. The summed E-state index contributed by atoms with van der Waals surface area (Å²) in [7, 11) is 0. The minimum Gasteiger partial charge on any atom is -0.391 e. The lowest BCUT2D eigenvalue weighted by atomic mass is 9.84. The van der Waals surface area contributed by atoms with Crippen molar-refractivity contribution < 1.29 is 19.5 Å². The molecule has 0 spiro atoms. The van der Waals surface area contributed by atoms with Crippen LogP contribution in [-0.2, 0) is 22.7 Å². The molecule has 2 aliphatic heterocycles. The number of aliphatic hydroxyl groups is 1. The number of aliphatic hydroxyl groups excluding tert-OH is 1. The van der Waals surface area contributed by atoms with Crippen molar-refractivity contribution in [2.75, 3.05) is 6.54 Å². The number of hydrogen-bond acceptors (Lipinski definition) is 4. The van der Waals surface area contributed by atoms with Crippen LogP contribution in [0.3, 0.4) is 0 Å². The van der Waals surface area contributed by atoms with Crippen LogP contribution in [0.1, 0.15) is 85.3 Å².